The predicted octanol–water partition coefficient (Wildman–Crippen LogP) is -2.03. The lowest BCUT2D eigenvalue weighted by Crippen LogP contribution is -2.58. The fraction of sp³-hybridized carbons (Fsp3) is 0.727. The van der Waals surface area contributed by atoms with E-state index in [4.69, 9.17) is 22.9 Å². The van der Waals surface area contributed by atoms with Gasteiger partial charge in [0, 0.05) is 13.0 Å². The van der Waals surface area contributed by atoms with Crippen LogP contribution in [-0.4, -0.2) is 83.4 Å². The van der Waals surface area contributed by atoms with Gasteiger partial charge in [0.1, 0.15) is 18.1 Å². The number of nitrogens with two attached hydrogens (primary N) is 4. The predicted molar refractivity (Wildman–Crippen MR) is 142 cm³/mol. The van der Waals surface area contributed by atoms with Crippen LogP contribution in [0.1, 0.15) is 52.4 Å². The van der Waals surface area contributed by atoms with Gasteiger partial charge in [0.25, 0.3) is 0 Å². The number of thioether (sulfide) groups is 1. The molecule has 0 heterocycles. The zero-order valence-electron chi connectivity index (χ0n) is 21.7. The van der Waals surface area contributed by atoms with Crippen LogP contribution in [0.25, 0.3) is 0 Å². The Hall–Kier alpha value is -3.07. The van der Waals surface area contributed by atoms with Gasteiger partial charge in [0.2, 0.25) is 23.6 Å². The van der Waals surface area contributed by atoms with E-state index in [1.165, 1.54) is 11.8 Å². The van der Waals surface area contributed by atoms with Crippen LogP contribution in [0.5, 0.6) is 0 Å². The Morgan fingerprint density at radius 1 is 0.919 bits per heavy atom. The molecule has 0 bridgehead atoms. The molecule has 0 spiro atoms. The van der Waals surface area contributed by atoms with Crippen LogP contribution in [0, 0.1) is 5.92 Å². The van der Waals surface area contributed by atoms with E-state index >= 15 is 0 Å². The van der Waals surface area contributed by atoms with E-state index in [1.807, 2.05) is 13.2 Å². The summed E-state index contributed by atoms with van der Waals surface area (Å²) in [7, 11) is 0. The van der Waals surface area contributed by atoms with E-state index in [0.717, 1.165) is 0 Å². The average molecular weight is 547 g/mol. The molecule has 15 heteroatoms. The molecule has 0 aliphatic carbocycles. The highest BCUT2D eigenvalue weighted by molar-refractivity contribution is 7.98. The fourth-order valence-electron chi connectivity index (χ4n) is 3.19. The van der Waals surface area contributed by atoms with Gasteiger partial charge in [-0.25, -0.2) is 4.79 Å². The first kappa shape index (κ1) is 33.9. The summed E-state index contributed by atoms with van der Waals surface area (Å²) in [4.78, 5) is 65.1. The number of hydrogen-bond donors (Lipinski definition) is 8. The van der Waals surface area contributed by atoms with Crippen molar-refractivity contribution < 1.29 is 29.1 Å². The summed E-state index contributed by atoms with van der Waals surface area (Å²) < 4.78 is 0. The maximum Gasteiger partial charge on any atom is 0.326 e. The molecule has 0 saturated heterocycles. The molecule has 37 heavy (non-hydrogen) atoms. The third kappa shape index (κ3) is 14.3. The van der Waals surface area contributed by atoms with Crippen molar-refractivity contribution in [2.75, 3.05) is 18.6 Å². The largest absolute Gasteiger partial charge is 0.480 e. The molecule has 0 fully saturated rings. The number of hydrogen-bond acceptors (Lipinski definition) is 8. The molecular weight excluding hydrogens is 504 g/mol. The Balaban J connectivity index is 5.46. The number of carboxylic acids is 1. The summed E-state index contributed by atoms with van der Waals surface area (Å²) >= 11 is 1.45. The SMILES string of the molecule is CCC(C)C(NC(=O)C(N)CCC(N)=O)C(=O)NC(CCSC)C(=O)NC(CCCN=C(N)N)C(=O)O. The second-order valence-corrected chi connectivity index (χ2v) is 9.66. The summed E-state index contributed by atoms with van der Waals surface area (Å²) in [6.07, 6.45) is 2.93. The Bertz CT molecular complexity index is 808. The van der Waals surface area contributed by atoms with Gasteiger partial charge >= 0.3 is 5.97 Å². The van der Waals surface area contributed by atoms with Crippen LogP contribution in [-0.2, 0) is 24.0 Å². The second kappa shape index (κ2) is 18.2. The van der Waals surface area contributed by atoms with Gasteiger partial charge < -0.3 is 44.0 Å². The number of guanidine groups is 1. The summed E-state index contributed by atoms with van der Waals surface area (Å²) in [6.45, 7) is 3.79. The maximum absolute atomic E-state index is 13.2. The fourth-order valence-corrected chi connectivity index (χ4v) is 3.66. The van der Waals surface area contributed by atoms with Crippen LogP contribution in [0.15, 0.2) is 4.99 Å². The van der Waals surface area contributed by atoms with Gasteiger partial charge in [-0.1, -0.05) is 20.3 Å². The minimum atomic E-state index is -1.23. The first-order chi connectivity index (χ1) is 17.3. The van der Waals surface area contributed by atoms with Gasteiger partial charge in [-0.05, 0) is 43.6 Å². The molecule has 0 aromatic heterocycles. The second-order valence-electron chi connectivity index (χ2n) is 8.67. The Kier molecular flexibility index (Phi) is 16.7. The zero-order chi connectivity index (χ0) is 28.5. The van der Waals surface area contributed by atoms with E-state index in [0.29, 0.717) is 18.6 Å². The lowest BCUT2D eigenvalue weighted by atomic mass is 9.97. The normalized spacial score (nSPS) is 14.8. The average Bonchev–Trinajstić information content (AvgIpc) is 2.83. The molecular formula is C22H42N8O6S. The van der Waals surface area contributed by atoms with Gasteiger partial charge in [0.15, 0.2) is 5.96 Å². The number of carbonyl (C=O) groups excluding carboxylic acids is 4. The first-order valence-electron chi connectivity index (χ1n) is 12.1. The van der Waals surface area contributed by atoms with Crippen molar-refractivity contribution in [3.05, 3.63) is 0 Å². The van der Waals surface area contributed by atoms with Crippen molar-refractivity contribution in [1.29, 1.82) is 0 Å². The number of carboxylic acid groups (broad SMARTS) is 1. The molecule has 0 aliphatic heterocycles. The molecule has 0 aliphatic rings. The van der Waals surface area contributed by atoms with Crippen molar-refractivity contribution in [3.8, 4) is 0 Å². The Labute approximate surface area is 221 Å². The van der Waals surface area contributed by atoms with Gasteiger partial charge in [-0.15, -0.1) is 0 Å². The highest BCUT2D eigenvalue weighted by Gasteiger charge is 2.32. The standard InChI is InChI=1S/C22H42N8O6S/c1-4-12(2)17(30-18(32)13(23)7-8-16(24)31)20(34)28-14(9-11-37-3)19(33)29-15(21(35)36)6-5-10-27-22(25)26/h12-15,17H,4-11,23H2,1-3H3,(H2,24,31)(H,28,34)(H,29,33)(H,30,32)(H,35,36)(H4,25,26,27). The molecule has 5 unspecified atom stereocenters. The van der Waals surface area contributed by atoms with E-state index in [2.05, 4.69) is 20.9 Å². The summed E-state index contributed by atoms with van der Waals surface area (Å²) in [6, 6.07) is -4.29. The molecule has 0 saturated carbocycles. The Morgan fingerprint density at radius 3 is 2.05 bits per heavy atom. The number of aliphatic imine (C=N–C) groups is 1. The highest BCUT2D eigenvalue weighted by Crippen LogP contribution is 2.11. The summed E-state index contributed by atoms with van der Waals surface area (Å²) in [5.74, 6) is -3.64. The zero-order valence-corrected chi connectivity index (χ0v) is 22.5. The molecule has 0 radical (unpaired) electrons. The van der Waals surface area contributed by atoms with Crippen molar-refractivity contribution in [1.82, 2.24) is 16.0 Å². The van der Waals surface area contributed by atoms with Crippen molar-refractivity contribution >= 4 is 47.3 Å². The number of amides is 4. The molecule has 0 rings (SSSR count). The van der Waals surface area contributed by atoms with Crippen LogP contribution >= 0.6 is 11.8 Å². The van der Waals surface area contributed by atoms with Gasteiger partial charge in [0.05, 0.1) is 6.04 Å². The minimum absolute atomic E-state index is 0.0223. The monoisotopic (exact) mass is 546 g/mol. The third-order valence-electron chi connectivity index (χ3n) is 5.64. The van der Waals surface area contributed by atoms with Crippen LogP contribution in [0.4, 0.5) is 0 Å². The topological polar surface area (TPSA) is 258 Å². The first-order valence-corrected chi connectivity index (χ1v) is 13.4. The molecule has 0 aromatic rings. The number of carbonyl (C=O) groups is 5. The number of nitrogens with zero attached hydrogens (tertiary/aromatic N) is 1. The number of nitrogens with one attached hydrogen (secondary N) is 3. The molecule has 212 valence electrons. The maximum atomic E-state index is 13.2. The van der Waals surface area contributed by atoms with E-state index in [1.54, 1.807) is 6.92 Å². The lowest BCUT2D eigenvalue weighted by Gasteiger charge is -2.28. The van der Waals surface area contributed by atoms with E-state index in [9.17, 15) is 29.1 Å². The van der Waals surface area contributed by atoms with Crippen LogP contribution in [0.3, 0.4) is 0 Å². The van der Waals surface area contributed by atoms with Crippen molar-refractivity contribution in [2.24, 2.45) is 33.8 Å². The number of rotatable bonds is 19. The molecule has 5 atom stereocenters. The molecule has 12 N–H and O–H groups in total. The summed E-state index contributed by atoms with van der Waals surface area (Å²) in [5, 5.41) is 17.2. The van der Waals surface area contributed by atoms with Crippen molar-refractivity contribution in [3.63, 3.8) is 0 Å². The van der Waals surface area contributed by atoms with Crippen LogP contribution < -0.4 is 38.9 Å². The van der Waals surface area contributed by atoms with Crippen LogP contribution in [0.2, 0.25) is 0 Å². The molecule has 0 aromatic carbocycles. The van der Waals surface area contributed by atoms with E-state index in [-0.39, 0.29) is 44.1 Å². The highest BCUT2D eigenvalue weighted by atomic mass is 32.2. The summed E-state index contributed by atoms with van der Waals surface area (Å²) in [5.41, 5.74) is 21.4. The van der Waals surface area contributed by atoms with Gasteiger partial charge in [-0.3, -0.25) is 24.2 Å². The number of aliphatic carboxylic acids is 1. The molecule has 4 amide bonds. The third-order valence-corrected chi connectivity index (χ3v) is 6.28. The number of primary amides is 1. The molecule has 14 nitrogen and oxygen atoms in total. The van der Waals surface area contributed by atoms with Crippen molar-refractivity contribution in [2.45, 2.75) is 76.5 Å². The van der Waals surface area contributed by atoms with E-state index < -0.39 is 53.8 Å². The van der Waals surface area contributed by atoms with Gasteiger partial charge in [-0.2, -0.15) is 11.8 Å². The Morgan fingerprint density at radius 2 is 1.54 bits per heavy atom. The lowest BCUT2D eigenvalue weighted by molar-refractivity contribution is -0.142. The smallest absolute Gasteiger partial charge is 0.326 e. The quantitative estimate of drug-likeness (QED) is 0.0500. The minimum Gasteiger partial charge on any atom is -0.480 e.